The van der Waals surface area contributed by atoms with Crippen LogP contribution < -0.4 is 0 Å². The molecule has 0 N–H and O–H groups in total. The van der Waals surface area contributed by atoms with Crippen LogP contribution in [0.3, 0.4) is 0 Å². The van der Waals surface area contributed by atoms with Gasteiger partial charge in [0.2, 0.25) is 0 Å². The van der Waals surface area contributed by atoms with Crippen molar-refractivity contribution >= 4 is 5.78 Å². The molecule has 3 nitrogen and oxygen atoms in total. The highest BCUT2D eigenvalue weighted by molar-refractivity contribution is 5.85. The molecule has 21 heavy (non-hydrogen) atoms. The summed E-state index contributed by atoms with van der Waals surface area (Å²) in [4.78, 5) is 17.3. The minimum atomic E-state index is 0.0813. The molecule has 1 aromatic rings. The lowest BCUT2D eigenvalue weighted by Gasteiger charge is -2.37. The quantitative estimate of drug-likeness (QED) is 0.852. The summed E-state index contributed by atoms with van der Waals surface area (Å²) in [5.41, 5.74) is 2.87. The fraction of sp³-hybridized carbons (Fsp3) is 0.611. The van der Waals surface area contributed by atoms with Crippen molar-refractivity contribution in [2.75, 3.05) is 33.7 Å². The van der Waals surface area contributed by atoms with Gasteiger partial charge in [-0.15, -0.1) is 0 Å². The van der Waals surface area contributed by atoms with E-state index in [2.05, 4.69) is 48.2 Å². The number of carbonyl (C=O) groups is 1. The maximum Gasteiger partial charge on any atom is 0.151 e. The zero-order chi connectivity index (χ0) is 14.8. The molecule has 0 bridgehead atoms. The number of Topliss-reactive ketones (excluding diaryl/α,β-unsaturated/α-hetero) is 1. The number of benzene rings is 1. The minimum absolute atomic E-state index is 0.0813. The van der Waals surface area contributed by atoms with E-state index in [0.717, 1.165) is 26.1 Å². The fourth-order valence-corrected chi connectivity index (χ4v) is 3.80. The van der Waals surface area contributed by atoms with Gasteiger partial charge in [-0.1, -0.05) is 24.3 Å². The summed E-state index contributed by atoms with van der Waals surface area (Å²) in [7, 11) is 4.20. The number of ketones is 1. The Balaban J connectivity index is 1.71. The molecular weight excluding hydrogens is 260 g/mol. The van der Waals surface area contributed by atoms with Gasteiger partial charge in [0.1, 0.15) is 0 Å². The summed E-state index contributed by atoms with van der Waals surface area (Å²) >= 11 is 0. The van der Waals surface area contributed by atoms with E-state index in [4.69, 9.17) is 0 Å². The average Bonchev–Trinajstić information content (AvgIpc) is 2.50. The second-order valence-corrected chi connectivity index (χ2v) is 6.72. The normalized spacial score (nSPS) is 27.3. The zero-order valence-corrected chi connectivity index (χ0v) is 13.2. The second-order valence-electron chi connectivity index (χ2n) is 6.72. The van der Waals surface area contributed by atoms with E-state index in [1.165, 1.54) is 24.0 Å². The Bertz CT molecular complexity index is 514. The number of hydrogen-bond acceptors (Lipinski definition) is 3. The molecule has 114 valence electrons. The van der Waals surface area contributed by atoms with Crippen LogP contribution in [0.1, 0.15) is 36.3 Å². The van der Waals surface area contributed by atoms with Crippen LogP contribution in [0.25, 0.3) is 0 Å². The molecule has 1 aliphatic carbocycles. The third-order valence-electron chi connectivity index (χ3n) is 5.16. The molecule has 2 unspecified atom stereocenters. The first-order chi connectivity index (χ1) is 10.1. The van der Waals surface area contributed by atoms with Gasteiger partial charge in [-0.2, -0.15) is 0 Å². The molecule has 0 radical (unpaired) electrons. The monoisotopic (exact) mass is 286 g/mol. The van der Waals surface area contributed by atoms with Gasteiger partial charge in [0.15, 0.2) is 5.78 Å². The highest BCUT2D eigenvalue weighted by Gasteiger charge is 2.31. The molecule has 1 aliphatic heterocycles. The predicted octanol–water partition coefficient (Wildman–Crippen LogP) is 2.31. The lowest BCUT2D eigenvalue weighted by atomic mass is 9.79. The third kappa shape index (κ3) is 3.19. The number of hydrogen-bond donors (Lipinski definition) is 0. The Labute approximate surface area is 127 Å². The Morgan fingerprint density at radius 2 is 2.05 bits per heavy atom. The Kier molecular flexibility index (Phi) is 4.41. The molecule has 0 spiro atoms. The van der Waals surface area contributed by atoms with Gasteiger partial charge in [-0.25, -0.2) is 0 Å². The molecule has 0 amide bonds. The molecule has 1 saturated heterocycles. The van der Waals surface area contributed by atoms with Crippen molar-refractivity contribution in [3.05, 3.63) is 35.4 Å². The van der Waals surface area contributed by atoms with E-state index in [-0.39, 0.29) is 6.04 Å². The number of fused-ring (bicyclic) bond motifs is 1. The molecule has 1 fully saturated rings. The molecule has 2 aliphatic rings. The van der Waals surface area contributed by atoms with Crippen molar-refractivity contribution in [1.29, 1.82) is 0 Å². The number of piperazine rings is 1. The Hall–Kier alpha value is -1.19. The van der Waals surface area contributed by atoms with Crippen molar-refractivity contribution in [1.82, 2.24) is 9.80 Å². The standard InChI is InChI=1S/C18H26N2O/c1-19-10-11-20(2)17(13-19)18(21)12-15-8-5-7-14-6-3-4-9-16(14)15/h3-4,6,9,15,17H,5,7-8,10-13H2,1-2H3. The van der Waals surface area contributed by atoms with E-state index in [1.807, 2.05) is 0 Å². The van der Waals surface area contributed by atoms with Gasteiger partial charge < -0.3 is 4.90 Å². The molecule has 1 aromatic carbocycles. The first-order valence-corrected chi connectivity index (χ1v) is 8.14. The summed E-state index contributed by atoms with van der Waals surface area (Å²) in [6.45, 7) is 2.93. The van der Waals surface area contributed by atoms with Gasteiger partial charge in [0.05, 0.1) is 6.04 Å². The molecular formula is C18H26N2O. The molecule has 1 heterocycles. The Morgan fingerprint density at radius 3 is 2.90 bits per heavy atom. The largest absolute Gasteiger partial charge is 0.303 e. The summed E-state index contributed by atoms with van der Waals surface area (Å²) in [5.74, 6) is 0.855. The smallest absolute Gasteiger partial charge is 0.151 e. The van der Waals surface area contributed by atoms with Crippen LogP contribution in [-0.2, 0) is 11.2 Å². The SMILES string of the molecule is CN1CCN(C)C(C(=O)CC2CCCc3ccccc32)C1. The van der Waals surface area contributed by atoms with E-state index < -0.39 is 0 Å². The Morgan fingerprint density at radius 1 is 1.24 bits per heavy atom. The lowest BCUT2D eigenvalue weighted by molar-refractivity contribution is -0.126. The molecule has 2 atom stereocenters. The predicted molar refractivity (Wildman–Crippen MR) is 85.7 cm³/mol. The van der Waals surface area contributed by atoms with E-state index in [0.29, 0.717) is 18.1 Å². The topological polar surface area (TPSA) is 23.6 Å². The van der Waals surface area contributed by atoms with Crippen molar-refractivity contribution < 1.29 is 4.79 Å². The van der Waals surface area contributed by atoms with E-state index in [1.54, 1.807) is 0 Å². The third-order valence-corrected chi connectivity index (χ3v) is 5.16. The van der Waals surface area contributed by atoms with Gasteiger partial charge in [0.25, 0.3) is 0 Å². The fourth-order valence-electron chi connectivity index (χ4n) is 3.80. The maximum atomic E-state index is 12.8. The van der Waals surface area contributed by atoms with Crippen LogP contribution in [-0.4, -0.2) is 55.4 Å². The zero-order valence-electron chi connectivity index (χ0n) is 13.2. The number of carbonyl (C=O) groups excluding carboxylic acids is 1. The highest BCUT2D eigenvalue weighted by Crippen LogP contribution is 2.34. The first kappa shape index (κ1) is 14.7. The summed E-state index contributed by atoms with van der Waals surface area (Å²) < 4.78 is 0. The van der Waals surface area contributed by atoms with Gasteiger partial charge in [-0.3, -0.25) is 9.69 Å². The van der Waals surface area contributed by atoms with E-state index >= 15 is 0 Å². The number of likely N-dealkylation sites (N-methyl/N-ethyl adjacent to an activating group) is 2. The van der Waals surface area contributed by atoms with Gasteiger partial charge >= 0.3 is 0 Å². The molecule has 0 saturated carbocycles. The van der Waals surface area contributed by atoms with E-state index in [9.17, 15) is 4.79 Å². The van der Waals surface area contributed by atoms with Crippen LogP contribution in [0.5, 0.6) is 0 Å². The molecule has 3 heteroatoms. The van der Waals surface area contributed by atoms with Crippen LogP contribution >= 0.6 is 0 Å². The minimum Gasteiger partial charge on any atom is -0.303 e. The van der Waals surface area contributed by atoms with Crippen LogP contribution in [0.4, 0.5) is 0 Å². The molecule has 0 aromatic heterocycles. The van der Waals surface area contributed by atoms with Crippen LogP contribution in [0, 0.1) is 0 Å². The summed E-state index contributed by atoms with van der Waals surface area (Å²) in [5, 5.41) is 0. The van der Waals surface area contributed by atoms with Crippen molar-refractivity contribution in [2.45, 2.75) is 37.6 Å². The maximum absolute atomic E-state index is 12.8. The number of aryl methyl sites for hydroxylation is 1. The van der Waals surface area contributed by atoms with Gasteiger partial charge in [0, 0.05) is 26.1 Å². The summed E-state index contributed by atoms with van der Waals surface area (Å²) in [6.07, 6.45) is 4.26. The number of nitrogens with zero attached hydrogens (tertiary/aromatic N) is 2. The van der Waals surface area contributed by atoms with Crippen molar-refractivity contribution in [3.8, 4) is 0 Å². The highest BCUT2D eigenvalue weighted by atomic mass is 16.1. The number of rotatable bonds is 3. The van der Waals surface area contributed by atoms with Crippen molar-refractivity contribution in [3.63, 3.8) is 0 Å². The van der Waals surface area contributed by atoms with Gasteiger partial charge in [-0.05, 0) is 50.4 Å². The van der Waals surface area contributed by atoms with Crippen LogP contribution in [0.15, 0.2) is 24.3 Å². The summed E-state index contributed by atoms with van der Waals surface area (Å²) in [6, 6.07) is 8.77. The molecule has 3 rings (SSSR count). The van der Waals surface area contributed by atoms with Crippen LogP contribution in [0.2, 0.25) is 0 Å². The van der Waals surface area contributed by atoms with Crippen molar-refractivity contribution in [2.24, 2.45) is 0 Å². The first-order valence-electron chi connectivity index (χ1n) is 8.14. The average molecular weight is 286 g/mol. The second kappa shape index (κ2) is 6.29. The lowest BCUT2D eigenvalue weighted by Crippen LogP contribution is -2.53.